The first-order valence-electron chi connectivity index (χ1n) is 5.68. The molecule has 0 heterocycles. The van der Waals surface area contributed by atoms with Crippen LogP contribution in [0.5, 0.6) is 0 Å². The molecule has 0 atom stereocenters. The van der Waals surface area contributed by atoms with Crippen LogP contribution in [-0.2, 0) is 4.79 Å². The van der Waals surface area contributed by atoms with Crippen molar-refractivity contribution in [3.8, 4) is 0 Å². The third-order valence-corrected chi connectivity index (χ3v) is 2.40. The third kappa shape index (κ3) is 5.97. The largest absolute Gasteiger partial charge is 0.353 e. The van der Waals surface area contributed by atoms with E-state index in [9.17, 15) is 4.79 Å². The van der Waals surface area contributed by atoms with Gasteiger partial charge in [-0.1, -0.05) is 12.8 Å². The van der Waals surface area contributed by atoms with E-state index in [1.54, 1.807) is 0 Å². The van der Waals surface area contributed by atoms with E-state index in [4.69, 9.17) is 0 Å². The smallest absolute Gasteiger partial charge is 0.234 e. The van der Waals surface area contributed by atoms with Gasteiger partial charge in [-0.25, -0.2) is 0 Å². The molecule has 1 saturated carbocycles. The monoisotopic (exact) mass is 198 g/mol. The lowest BCUT2D eigenvalue weighted by atomic mass is 10.2. The van der Waals surface area contributed by atoms with Crippen molar-refractivity contribution in [2.24, 2.45) is 5.92 Å². The highest BCUT2D eigenvalue weighted by Crippen LogP contribution is 2.33. The van der Waals surface area contributed by atoms with Gasteiger partial charge in [0.05, 0.1) is 6.54 Å². The average Bonchev–Trinajstić information content (AvgIpc) is 2.86. The highest BCUT2D eigenvalue weighted by atomic mass is 16.1. The van der Waals surface area contributed by atoms with E-state index in [0.29, 0.717) is 6.54 Å². The van der Waals surface area contributed by atoms with E-state index in [-0.39, 0.29) is 11.9 Å². The molecule has 1 amide bonds. The van der Waals surface area contributed by atoms with E-state index in [0.717, 1.165) is 12.5 Å². The van der Waals surface area contributed by atoms with Crippen molar-refractivity contribution >= 4 is 5.91 Å². The Morgan fingerprint density at radius 3 is 2.71 bits per heavy atom. The number of hydrogen-bond acceptors (Lipinski definition) is 2. The van der Waals surface area contributed by atoms with E-state index < -0.39 is 0 Å². The molecule has 0 aromatic rings. The molecule has 0 spiro atoms. The summed E-state index contributed by atoms with van der Waals surface area (Å²) >= 11 is 0. The Morgan fingerprint density at radius 2 is 2.14 bits per heavy atom. The summed E-state index contributed by atoms with van der Waals surface area (Å²) in [7, 11) is 0. The zero-order chi connectivity index (χ0) is 10.4. The molecule has 3 nitrogen and oxygen atoms in total. The quantitative estimate of drug-likeness (QED) is 0.605. The van der Waals surface area contributed by atoms with Crippen molar-refractivity contribution < 1.29 is 4.79 Å². The second kappa shape index (κ2) is 6.02. The van der Waals surface area contributed by atoms with Gasteiger partial charge < -0.3 is 10.6 Å². The van der Waals surface area contributed by atoms with Gasteiger partial charge in [-0.05, 0) is 39.2 Å². The van der Waals surface area contributed by atoms with E-state index in [1.165, 1.54) is 25.7 Å². The number of carbonyl (C=O) groups excluding carboxylic acids is 1. The Bertz CT molecular complexity index is 176. The van der Waals surface area contributed by atoms with Gasteiger partial charge in [0.1, 0.15) is 0 Å². The van der Waals surface area contributed by atoms with Crippen LogP contribution in [0.3, 0.4) is 0 Å². The molecule has 14 heavy (non-hydrogen) atoms. The minimum Gasteiger partial charge on any atom is -0.353 e. The fourth-order valence-corrected chi connectivity index (χ4v) is 1.50. The van der Waals surface area contributed by atoms with E-state index >= 15 is 0 Å². The molecular formula is C11H22N2O. The minimum absolute atomic E-state index is 0.103. The van der Waals surface area contributed by atoms with E-state index in [2.05, 4.69) is 10.6 Å². The van der Waals surface area contributed by atoms with Crippen LogP contribution in [0.1, 0.15) is 39.5 Å². The van der Waals surface area contributed by atoms with Crippen LogP contribution in [0.15, 0.2) is 0 Å². The van der Waals surface area contributed by atoms with Crippen LogP contribution in [0.2, 0.25) is 0 Å². The first-order chi connectivity index (χ1) is 6.68. The zero-order valence-corrected chi connectivity index (χ0v) is 9.31. The van der Waals surface area contributed by atoms with Gasteiger partial charge in [-0.3, -0.25) is 4.79 Å². The maximum Gasteiger partial charge on any atom is 0.234 e. The van der Waals surface area contributed by atoms with Gasteiger partial charge in [-0.2, -0.15) is 0 Å². The highest BCUT2D eigenvalue weighted by molar-refractivity contribution is 5.78. The van der Waals surface area contributed by atoms with Crippen molar-refractivity contribution in [2.45, 2.75) is 45.6 Å². The van der Waals surface area contributed by atoms with E-state index in [1.807, 2.05) is 13.8 Å². The standard InChI is InChI=1S/C11H22N2O/c1-9(2)13-11(14)8-12-7-3-4-10-5-6-10/h9-10,12H,3-8H2,1-2H3,(H,13,14). The molecular weight excluding hydrogens is 176 g/mol. The maximum absolute atomic E-state index is 11.2. The van der Waals surface area contributed by atoms with Crippen molar-refractivity contribution in [1.29, 1.82) is 0 Å². The fourth-order valence-electron chi connectivity index (χ4n) is 1.50. The molecule has 82 valence electrons. The summed E-state index contributed by atoms with van der Waals surface area (Å²) < 4.78 is 0. The van der Waals surface area contributed by atoms with Gasteiger partial charge in [0.15, 0.2) is 0 Å². The van der Waals surface area contributed by atoms with Crippen molar-refractivity contribution in [3.05, 3.63) is 0 Å². The lowest BCUT2D eigenvalue weighted by Crippen LogP contribution is -2.37. The molecule has 3 heteroatoms. The third-order valence-electron chi connectivity index (χ3n) is 2.40. The van der Waals surface area contributed by atoms with Crippen LogP contribution in [0, 0.1) is 5.92 Å². The summed E-state index contributed by atoms with van der Waals surface area (Å²) in [4.78, 5) is 11.2. The summed E-state index contributed by atoms with van der Waals surface area (Å²) in [6, 6.07) is 0.246. The van der Waals surface area contributed by atoms with Gasteiger partial charge in [0.25, 0.3) is 0 Å². The molecule has 0 aliphatic heterocycles. The predicted octanol–water partition coefficient (Wildman–Crippen LogP) is 1.29. The second-order valence-electron chi connectivity index (χ2n) is 4.48. The molecule has 2 N–H and O–H groups in total. The molecule has 0 saturated heterocycles. The summed E-state index contributed by atoms with van der Waals surface area (Å²) in [6.45, 7) is 5.39. The van der Waals surface area contributed by atoms with Crippen LogP contribution in [0.25, 0.3) is 0 Å². The number of hydrogen-bond donors (Lipinski definition) is 2. The van der Waals surface area contributed by atoms with Gasteiger partial charge in [-0.15, -0.1) is 0 Å². The minimum atomic E-state index is 0.103. The molecule has 0 unspecified atom stereocenters. The van der Waals surface area contributed by atoms with Crippen LogP contribution >= 0.6 is 0 Å². The topological polar surface area (TPSA) is 41.1 Å². The zero-order valence-electron chi connectivity index (χ0n) is 9.31. The van der Waals surface area contributed by atoms with Crippen LogP contribution in [0.4, 0.5) is 0 Å². The second-order valence-corrected chi connectivity index (χ2v) is 4.48. The summed E-state index contributed by atoms with van der Waals surface area (Å²) in [5.41, 5.74) is 0. The molecule has 0 aromatic heterocycles. The Labute approximate surface area is 86.6 Å². The van der Waals surface area contributed by atoms with Crippen molar-refractivity contribution in [2.75, 3.05) is 13.1 Å². The molecule has 0 bridgehead atoms. The molecule has 1 fully saturated rings. The summed E-state index contributed by atoms with van der Waals surface area (Å²) in [5.74, 6) is 1.10. The SMILES string of the molecule is CC(C)NC(=O)CNCCCC1CC1. The number of rotatable bonds is 7. The fraction of sp³-hybridized carbons (Fsp3) is 0.909. The average molecular weight is 198 g/mol. The molecule has 1 aliphatic carbocycles. The van der Waals surface area contributed by atoms with Gasteiger partial charge in [0.2, 0.25) is 5.91 Å². The van der Waals surface area contributed by atoms with Gasteiger partial charge in [0, 0.05) is 6.04 Å². The summed E-state index contributed by atoms with van der Waals surface area (Å²) in [5, 5.41) is 6.01. The highest BCUT2D eigenvalue weighted by Gasteiger charge is 2.19. The molecule has 1 rings (SSSR count). The Hall–Kier alpha value is -0.570. The van der Waals surface area contributed by atoms with Crippen molar-refractivity contribution in [1.82, 2.24) is 10.6 Å². The summed E-state index contributed by atoms with van der Waals surface area (Å²) in [6.07, 6.45) is 5.39. The number of carbonyl (C=O) groups is 1. The molecule has 0 radical (unpaired) electrons. The Balaban J connectivity index is 1.84. The van der Waals surface area contributed by atoms with Crippen molar-refractivity contribution in [3.63, 3.8) is 0 Å². The predicted molar refractivity (Wildman–Crippen MR) is 58.1 cm³/mol. The molecule has 0 aromatic carbocycles. The molecule has 1 aliphatic rings. The Kier molecular flexibility index (Phi) is 4.94. The Morgan fingerprint density at radius 1 is 1.43 bits per heavy atom. The normalized spacial score (nSPS) is 15.9. The first kappa shape index (κ1) is 11.5. The van der Waals surface area contributed by atoms with Crippen LogP contribution in [-0.4, -0.2) is 25.0 Å². The van der Waals surface area contributed by atoms with Crippen LogP contribution < -0.4 is 10.6 Å². The number of amides is 1. The lowest BCUT2D eigenvalue weighted by Gasteiger charge is -2.08. The van der Waals surface area contributed by atoms with Gasteiger partial charge >= 0.3 is 0 Å². The lowest BCUT2D eigenvalue weighted by molar-refractivity contribution is -0.120. The number of nitrogens with one attached hydrogen (secondary N) is 2. The first-order valence-corrected chi connectivity index (χ1v) is 5.68. The maximum atomic E-state index is 11.2.